The Balaban J connectivity index is 1.70. The summed E-state index contributed by atoms with van der Waals surface area (Å²) in [4.78, 5) is 2.35. The molecule has 4 nitrogen and oxygen atoms in total. The molecule has 2 aromatic rings. The van der Waals surface area contributed by atoms with E-state index in [0.717, 1.165) is 17.7 Å². The second-order valence-electron chi connectivity index (χ2n) is 7.22. The summed E-state index contributed by atoms with van der Waals surface area (Å²) in [5.74, 6) is 0. The Kier molecular flexibility index (Phi) is 6.69. The van der Waals surface area contributed by atoms with Gasteiger partial charge in [0.25, 0.3) is 10.0 Å². The Morgan fingerprint density at radius 2 is 1.67 bits per heavy atom. The minimum Gasteiger partial charge on any atom is -0.299 e. The predicted octanol–water partition coefficient (Wildman–Crippen LogP) is 4.86. The van der Waals surface area contributed by atoms with Crippen LogP contribution in [0, 0.1) is 0 Å². The fourth-order valence-corrected chi connectivity index (χ4v) is 4.51. The lowest BCUT2D eigenvalue weighted by Gasteiger charge is -2.31. The summed E-state index contributed by atoms with van der Waals surface area (Å²) in [6.45, 7) is 0.742. The van der Waals surface area contributed by atoms with Gasteiger partial charge in [-0.05, 0) is 43.2 Å². The first-order valence-electron chi connectivity index (χ1n) is 9.57. The van der Waals surface area contributed by atoms with Crippen LogP contribution in [0.15, 0.2) is 60.0 Å². The van der Waals surface area contributed by atoms with Gasteiger partial charge >= 0.3 is 0 Å². The van der Waals surface area contributed by atoms with Crippen LogP contribution in [0.25, 0.3) is 6.08 Å². The molecule has 0 atom stereocenters. The lowest BCUT2D eigenvalue weighted by molar-refractivity contribution is 0.185. The number of anilines is 1. The van der Waals surface area contributed by atoms with Crippen molar-refractivity contribution in [2.75, 3.05) is 11.8 Å². The zero-order valence-electron chi connectivity index (χ0n) is 15.8. The van der Waals surface area contributed by atoms with Crippen molar-refractivity contribution < 1.29 is 8.42 Å². The third-order valence-electron chi connectivity index (χ3n) is 5.13. The van der Waals surface area contributed by atoms with E-state index in [1.54, 1.807) is 6.08 Å². The van der Waals surface area contributed by atoms with E-state index < -0.39 is 10.0 Å². The molecule has 0 aliphatic heterocycles. The molecule has 1 N–H and O–H groups in total. The summed E-state index contributed by atoms with van der Waals surface area (Å²) in [5, 5.41) is 1.23. The van der Waals surface area contributed by atoms with Gasteiger partial charge in [-0.1, -0.05) is 67.8 Å². The second kappa shape index (κ2) is 9.20. The van der Waals surface area contributed by atoms with E-state index in [1.807, 2.05) is 54.6 Å². The van der Waals surface area contributed by atoms with E-state index in [-0.39, 0.29) is 0 Å². The Morgan fingerprint density at radius 1 is 1.00 bits per heavy atom. The van der Waals surface area contributed by atoms with Crippen LogP contribution < -0.4 is 4.72 Å². The normalized spacial score (nSPS) is 16.1. The van der Waals surface area contributed by atoms with Gasteiger partial charge in [-0.2, -0.15) is 0 Å². The molecule has 0 bridgehead atoms. The van der Waals surface area contributed by atoms with Gasteiger partial charge in [0, 0.05) is 12.6 Å². The number of nitrogens with zero attached hydrogens (tertiary/aromatic N) is 1. The minimum atomic E-state index is -3.57. The third-order valence-corrected chi connectivity index (χ3v) is 6.13. The van der Waals surface area contributed by atoms with Crippen LogP contribution >= 0.6 is 0 Å². The van der Waals surface area contributed by atoms with Crippen LogP contribution in [-0.4, -0.2) is 26.4 Å². The highest BCUT2D eigenvalue weighted by molar-refractivity contribution is 7.95. The number of hydrogen-bond donors (Lipinski definition) is 1. The number of sulfonamides is 1. The summed E-state index contributed by atoms with van der Waals surface area (Å²) < 4.78 is 27.7. The highest BCUT2D eigenvalue weighted by atomic mass is 32.2. The van der Waals surface area contributed by atoms with E-state index >= 15 is 0 Å². The average Bonchev–Trinajstić information content (AvgIpc) is 2.69. The number of nitrogens with one attached hydrogen (secondary N) is 1. The van der Waals surface area contributed by atoms with Crippen molar-refractivity contribution in [3.8, 4) is 0 Å². The number of para-hydroxylation sites is 1. The van der Waals surface area contributed by atoms with E-state index in [9.17, 15) is 8.42 Å². The van der Waals surface area contributed by atoms with Gasteiger partial charge < -0.3 is 0 Å². The molecule has 144 valence electrons. The molecule has 1 fully saturated rings. The molecule has 0 amide bonds. The van der Waals surface area contributed by atoms with Crippen LogP contribution in [-0.2, 0) is 16.6 Å². The maximum Gasteiger partial charge on any atom is 0.255 e. The SMILES string of the molecule is CN(Cc1ccccc1NS(=O)(=O)/C=C/c1ccccc1)C1CCCCC1. The molecule has 3 rings (SSSR count). The molecule has 27 heavy (non-hydrogen) atoms. The zero-order chi connectivity index (χ0) is 19.1. The van der Waals surface area contributed by atoms with Gasteiger partial charge in [0.05, 0.1) is 11.1 Å². The van der Waals surface area contributed by atoms with Gasteiger partial charge in [-0.15, -0.1) is 0 Å². The zero-order valence-corrected chi connectivity index (χ0v) is 16.7. The molecule has 2 aromatic carbocycles. The van der Waals surface area contributed by atoms with Crippen LogP contribution in [0.1, 0.15) is 43.2 Å². The van der Waals surface area contributed by atoms with Gasteiger partial charge in [-0.25, -0.2) is 8.42 Å². The molecule has 1 saturated carbocycles. The molecule has 0 saturated heterocycles. The number of hydrogen-bond acceptors (Lipinski definition) is 3. The van der Waals surface area contributed by atoms with Gasteiger partial charge in [0.1, 0.15) is 0 Å². The first-order valence-corrected chi connectivity index (χ1v) is 11.1. The maximum absolute atomic E-state index is 12.5. The van der Waals surface area contributed by atoms with Crippen molar-refractivity contribution in [1.29, 1.82) is 0 Å². The minimum absolute atomic E-state index is 0.585. The maximum atomic E-state index is 12.5. The third kappa shape index (κ3) is 5.94. The van der Waals surface area contributed by atoms with Crippen molar-refractivity contribution in [1.82, 2.24) is 4.90 Å². The number of benzene rings is 2. The van der Waals surface area contributed by atoms with Crippen LogP contribution in [0.3, 0.4) is 0 Å². The molecule has 0 radical (unpaired) electrons. The fourth-order valence-electron chi connectivity index (χ4n) is 3.60. The van der Waals surface area contributed by atoms with E-state index in [2.05, 4.69) is 16.7 Å². The molecule has 5 heteroatoms. The Bertz CT molecular complexity index is 857. The Hall–Kier alpha value is -2.11. The van der Waals surface area contributed by atoms with Crippen LogP contribution in [0.2, 0.25) is 0 Å². The van der Waals surface area contributed by atoms with Crippen molar-refractivity contribution >= 4 is 21.8 Å². The summed E-state index contributed by atoms with van der Waals surface area (Å²) >= 11 is 0. The molecule has 0 heterocycles. The van der Waals surface area contributed by atoms with Crippen LogP contribution in [0.5, 0.6) is 0 Å². The first kappa shape index (κ1) is 19.6. The largest absolute Gasteiger partial charge is 0.299 e. The highest BCUT2D eigenvalue weighted by Gasteiger charge is 2.19. The van der Waals surface area contributed by atoms with Crippen molar-refractivity contribution in [2.24, 2.45) is 0 Å². The Labute approximate surface area is 163 Å². The molecule has 1 aliphatic rings. The predicted molar refractivity (Wildman–Crippen MR) is 113 cm³/mol. The van der Waals surface area contributed by atoms with E-state index in [4.69, 9.17) is 0 Å². The molecule has 0 spiro atoms. The molecule has 1 aliphatic carbocycles. The van der Waals surface area contributed by atoms with Crippen LogP contribution in [0.4, 0.5) is 5.69 Å². The molecular weight excluding hydrogens is 356 g/mol. The number of rotatable bonds is 7. The van der Waals surface area contributed by atoms with Gasteiger partial charge in [-0.3, -0.25) is 9.62 Å². The molecule has 0 aromatic heterocycles. The van der Waals surface area contributed by atoms with E-state index in [0.29, 0.717) is 11.7 Å². The van der Waals surface area contributed by atoms with Gasteiger partial charge in [0.2, 0.25) is 0 Å². The Morgan fingerprint density at radius 3 is 2.41 bits per heavy atom. The standard InChI is InChI=1S/C22H28N2O2S/c1-24(21-13-6-3-7-14-21)18-20-12-8-9-15-22(20)23-27(25,26)17-16-19-10-4-2-5-11-19/h2,4-5,8-12,15-17,21,23H,3,6-7,13-14,18H2,1H3/b17-16+. The van der Waals surface area contributed by atoms with Crippen molar-refractivity contribution in [2.45, 2.75) is 44.7 Å². The van der Waals surface area contributed by atoms with E-state index in [1.165, 1.54) is 37.5 Å². The molecular formula is C22H28N2O2S. The topological polar surface area (TPSA) is 49.4 Å². The van der Waals surface area contributed by atoms with Crippen molar-refractivity contribution in [3.63, 3.8) is 0 Å². The monoisotopic (exact) mass is 384 g/mol. The highest BCUT2D eigenvalue weighted by Crippen LogP contribution is 2.25. The second-order valence-corrected chi connectivity index (χ2v) is 8.79. The quantitative estimate of drug-likeness (QED) is 0.741. The summed E-state index contributed by atoms with van der Waals surface area (Å²) in [6.07, 6.45) is 7.96. The molecule has 0 unspecified atom stereocenters. The van der Waals surface area contributed by atoms with Gasteiger partial charge in [0.15, 0.2) is 0 Å². The lowest BCUT2D eigenvalue weighted by atomic mass is 9.94. The van der Waals surface area contributed by atoms with Crippen molar-refractivity contribution in [3.05, 3.63) is 71.1 Å². The smallest absolute Gasteiger partial charge is 0.255 e. The summed E-state index contributed by atoms with van der Waals surface area (Å²) in [6, 6.07) is 17.7. The average molecular weight is 385 g/mol. The first-order chi connectivity index (χ1) is 13.0. The fraction of sp³-hybridized carbons (Fsp3) is 0.364. The summed E-state index contributed by atoms with van der Waals surface area (Å²) in [7, 11) is -1.43. The lowest BCUT2D eigenvalue weighted by Crippen LogP contribution is -2.33. The summed E-state index contributed by atoms with van der Waals surface area (Å²) in [5.41, 5.74) is 2.51.